The Kier molecular flexibility index (Phi) is 8.99. The standard InChI is InChI=1S/C30H40FN3O5/c1-19(2)26-18-37-17-21-14-22(31)15-25(28(21)39-26)27(30(35)36)34-12-10-24(16-34)38-13-4-3-7-23-9-8-20-6-5-11-32-29(20)33-23/h8-9,14-15,19,24,26-27H,3-7,10-13,16-18H2,1-2H3,(H,32,33)(H,35,36)/t24-,26?,27+/m1/s1. The molecule has 212 valence electrons. The molecule has 3 atom stereocenters. The minimum Gasteiger partial charge on any atom is -0.487 e. The van der Waals surface area contributed by atoms with E-state index in [4.69, 9.17) is 19.2 Å². The molecule has 39 heavy (non-hydrogen) atoms. The molecule has 0 amide bonds. The number of fused-ring (bicyclic) bond motifs is 2. The molecule has 4 heterocycles. The molecule has 9 heteroatoms. The molecule has 0 aliphatic carbocycles. The number of aromatic nitrogens is 1. The zero-order valence-electron chi connectivity index (χ0n) is 23.0. The van der Waals surface area contributed by atoms with Crippen molar-refractivity contribution >= 4 is 11.8 Å². The molecule has 2 aromatic rings. The van der Waals surface area contributed by atoms with Gasteiger partial charge < -0.3 is 24.6 Å². The number of halogens is 1. The smallest absolute Gasteiger partial charge is 0.325 e. The van der Waals surface area contributed by atoms with Gasteiger partial charge in [-0.05, 0) is 68.2 Å². The highest BCUT2D eigenvalue weighted by molar-refractivity contribution is 5.77. The molecule has 1 saturated heterocycles. The van der Waals surface area contributed by atoms with Crippen LogP contribution in [0.4, 0.5) is 10.2 Å². The summed E-state index contributed by atoms with van der Waals surface area (Å²) in [5.41, 5.74) is 3.30. The molecule has 1 unspecified atom stereocenters. The maximum atomic E-state index is 14.6. The molecule has 5 rings (SSSR count). The molecule has 3 aliphatic rings. The molecule has 0 saturated carbocycles. The van der Waals surface area contributed by atoms with Crippen LogP contribution in [-0.4, -0.2) is 66.0 Å². The van der Waals surface area contributed by atoms with E-state index in [2.05, 4.69) is 17.4 Å². The summed E-state index contributed by atoms with van der Waals surface area (Å²) in [7, 11) is 0. The fourth-order valence-electron chi connectivity index (χ4n) is 5.70. The van der Waals surface area contributed by atoms with Gasteiger partial charge in [0.1, 0.15) is 29.5 Å². The number of nitrogens with zero attached hydrogens (tertiary/aromatic N) is 2. The molecule has 8 nitrogen and oxygen atoms in total. The van der Waals surface area contributed by atoms with Gasteiger partial charge in [-0.1, -0.05) is 19.9 Å². The SMILES string of the molecule is CC(C)C1COCc2cc(F)cc([C@@H](C(=O)O)N3CC[C@@H](OCCCCc4ccc5c(n4)NCCC5)C3)c2O1. The average molecular weight is 542 g/mol. The summed E-state index contributed by atoms with van der Waals surface area (Å²) in [6.07, 6.45) is 5.48. The number of aryl methyl sites for hydroxylation is 2. The first-order chi connectivity index (χ1) is 18.9. The number of ether oxygens (including phenoxy) is 3. The second-order valence-corrected chi connectivity index (χ2v) is 11.2. The van der Waals surface area contributed by atoms with Crippen LogP contribution in [0, 0.1) is 11.7 Å². The van der Waals surface area contributed by atoms with Gasteiger partial charge in [-0.3, -0.25) is 9.69 Å². The van der Waals surface area contributed by atoms with E-state index in [0.29, 0.717) is 43.2 Å². The number of anilines is 1. The Morgan fingerprint density at radius 3 is 2.97 bits per heavy atom. The summed E-state index contributed by atoms with van der Waals surface area (Å²) in [6.45, 7) is 7.27. The quantitative estimate of drug-likeness (QED) is 0.417. The Bertz CT molecular complexity index is 1160. The summed E-state index contributed by atoms with van der Waals surface area (Å²) < 4.78 is 32.7. The van der Waals surface area contributed by atoms with Crippen LogP contribution in [0.1, 0.15) is 68.0 Å². The third-order valence-electron chi connectivity index (χ3n) is 7.91. The van der Waals surface area contributed by atoms with Crippen LogP contribution >= 0.6 is 0 Å². The highest BCUT2D eigenvalue weighted by atomic mass is 19.1. The van der Waals surface area contributed by atoms with Gasteiger partial charge in [0.25, 0.3) is 0 Å². The number of rotatable bonds is 10. The number of carbonyl (C=O) groups is 1. The van der Waals surface area contributed by atoms with Crippen LogP contribution in [0.15, 0.2) is 24.3 Å². The Morgan fingerprint density at radius 1 is 1.28 bits per heavy atom. The van der Waals surface area contributed by atoms with Crippen molar-refractivity contribution in [3.05, 3.63) is 52.5 Å². The lowest BCUT2D eigenvalue weighted by molar-refractivity contribution is -0.143. The van der Waals surface area contributed by atoms with E-state index in [1.54, 1.807) is 0 Å². The van der Waals surface area contributed by atoms with Crippen molar-refractivity contribution in [3.8, 4) is 5.75 Å². The average Bonchev–Trinajstić information content (AvgIpc) is 3.25. The van der Waals surface area contributed by atoms with E-state index in [-0.39, 0.29) is 24.7 Å². The number of nitrogens with one attached hydrogen (secondary N) is 1. The number of hydrogen-bond donors (Lipinski definition) is 2. The minimum absolute atomic E-state index is 0.0576. The van der Waals surface area contributed by atoms with Gasteiger partial charge in [0, 0.05) is 43.1 Å². The van der Waals surface area contributed by atoms with Gasteiger partial charge in [-0.25, -0.2) is 9.37 Å². The van der Waals surface area contributed by atoms with Gasteiger partial charge in [-0.2, -0.15) is 0 Å². The van der Waals surface area contributed by atoms with Crippen LogP contribution in [-0.2, 0) is 33.7 Å². The molecule has 1 aromatic carbocycles. The van der Waals surface area contributed by atoms with Crippen molar-refractivity contribution in [1.29, 1.82) is 0 Å². The lowest BCUT2D eigenvalue weighted by Crippen LogP contribution is -2.35. The summed E-state index contributed by atoms with van der Waals surface area (Å²) >= 11 is 0. The number of unbranched alkanes of at least 4 members (excludes halogenated alkanes) is 1. The van der Waals surface area contributed by atoms with E-state index in [0.717, 1.165) is 56.6 Å². The van der Waals surface area contributed by atoms with E-state index < -0.39 is 17.8 Å². The third kappa shape index (κ3) is 6.70. The maximum Gasteiger partial charge on any atom is 0.325 e. The number of carboxylic acid groups (broad SMARTS) is 1. The highest BCUT2D eigenvalue weighted by Crippen LogP contribution is 2.38. The first-order valence-electron chi connectivity index (χ1n) is 14.3. The topological polar surface area (TPSA) is 93.2 Å². The monoisotopic (exact) mass is 541 g/mol. The lowest BCUT2D eigenvalue weighted by atomic mass is 10.00. The summed E-state index contributed by atoms with van der Waals surface area (Å²) in [6, 6.07) is 5.98. The minimum atomic E-state index is -1.02. The Hall–Kier alpha value is -2.75. The first-order valence-corrected chi connectivity index (χ1v) is 14.3. The van der Waals surface area contributed by atoms with Crippen molar-refractivity contribution in [1.82, 2.24) is 9.88 Å². The zero-order valence-corrected chi connectivity index (χ0v) is 23.0. The Labute approximate surface area is 229 Å². The van der Waals surface area contributed by atoms with Gasteiger partial charge in [0.2, 0.25) is 0 Å². The first kappa shape index (κ1) is 27.8. The van der Waals surface area contributed by atoms with Crippen LogP contribution in [0.2, 0.25) is 0 Å². The van der Waals surface area contributed by atoms with Gasteiger partial charge >= 0.3 is 5.97 Å². The Morgan fingerprint density at radius 2 is 2.15 bits per heavy atom. The van der Waals surface area contributed by atoms with Crippen LogP contribution in [0.25, 0.3) is 0 Å². The maximum absolute atomic E-state index is 14.6. The predicted molar refractivity (Wildman–Crippen MR) is 146 cm³/mol. The largest absolute Gasteiger partial charge is 0.487 e. The molecular formula is C30H40FN3O5. The highest BCUT2D eigenvalue weighted by Gasteiger charge is 2.38. The van der Waals surface area contributed by atoms with E-state index in [1.165, 1.54) is 17.7 Å². The molecule has 1 aromatic heterocycles. The molecule has 0 spiro atoms. The van der Waals surface area contributed by atoms with Crippen LogP contribution < -0.4 is 10.1 Å². The van der Waals surface area contributed by atoms with Gasteiger partial charge in [0.15, 0.2) is 0 Å². The lowest BCUT2D eigenvalue weighted by Gasteiger charge is -2.28. The number of carboxylic acids is 1. The van der Waals surface area contributed by atoms with E-state index in [1.807, 2.05) is 18.7 Å². The summed E-state index contributed by atoms with van der Waals surface area (Å²) in [4.78, 5) is 19.1. The Balaban J connectivity index is 1.17. The number of hydrogen-bond acceptors (Lipinski definition) is 7. The van der Waals surface area contributed by atoms with Crippen molar-refractivity contribution in [3.63, 3.8) is 0 Å². The van der Waals surface area contributed by atoms with Gasteiger partial charge in [0.05, 0.1) is 19.3 Å². The summed E-state index contributed by atoms with van der Waals surface area (Å²) in [5.74, 6) is 0.130. The van der Waals surface area contributed by atoms with Crippen LogP contribution in [0.3, 0.4) is 0 Å². The molecular weight excluding hydrogens is 501 g/mol. The molecule has 2 N–H and O–H groups in total. The molecule has 1 fully saturated rings. The van der Waals surface area contributed by atoms with Crippen molar-refractivity contribution in [2.45, 2.75) is 77.2 Å². The number of benzene rings is 1. The van der Waals surface area contributed by atoms with E-state index >= 15 is 0 Å². The molecule has 3 aliphatic heterocycles. The van der Waals surface area contributed by atoms with Gasteiger partial charge in [-0.15, -0.1) is 0 Å². The second kappa shape index (κ2) is 12.6. The summed E-state index contributed by atoms with van der Waals surface area (Å²) in [5, 5.41) is 13.6. The van der Waals surface area contributed by atoms with Crippen molar-refractivity contribution < 1.29 is 28.5 Å². The molecule has 0 bridgehead atoms. The fraction of sp³-hybridized carbons (Fsp3) is 0.600. The molecule has 0 radical (unpaired) electrons. The van der Waals surface area contributed by atoms with Crippen molar-refractivity contribution in [2.24, 2.45) is 5.92 Å². The van der Waals surface area contributed by atoms with Crippen molar-refractivity contribution in [2.75, 3.05) is 38.2 Å². The number of pyridine rings is 1. The number of aliphatic carboxylic acids is 1. The zero-order chi connectivity index (χ0) is 27.4. The predicted octanol–water partition coefficient (Wildman–Crippen LogP) is 4.75. The number of likely N-dealkylation sites (tertiary alicyclic amines) is 1. The van der Waals surface area contributed by atoms with Crippen LogP contribution in [0.5, 0.6) is 5.75 Å². The third-order valence-corrected chi connectivity index (χ3v) is 7.91. The fourth-order valence-corrected chi connectivity index (χ4v) is 5.70. The second-order valence-electron chi connectivity index (χ2n) is 11.2. The van der Waals surface area contributed by atoms with E-state index in [9.17, 15) is 14.3 Å². The normalized spacial score (nSPS) is 21.9.